The van der Waals surface area contributed by atoms with Gasteiger partial charge in [-0.15, -0.1) is 0 Å². The van der Waals surface area contributed by atoms with Gasteiger partial charge in [0.1, 0.15) is 0 Å². The number of carbonyl (C=O) groups excluding carboxylic acids is 2. The van der Waals surface area contributed by atoms with Crippen molar-refractivity contribution in [1.82, 2.24) is 5.32 Å². The highest BCUT2D eigenvalue weighted by molar-refractivity contribution is 6.00. The van der Waals surface area contributed by atoms with E-state index < -0.39 is 23.9 Å². The molecule has 0 spiro atoms. The fraction of sp³-hybridized carbons (Fsp3) is 0.333. The molecule has 0 bridgehead atoms. The number of hydrogen-bond donors (Lipinski definition) is 2. The van der Waals surface area contributed by atoms with Gasteiger partial charge >= 0.3 is 18.0 Å². The van der Waals surface area contributed by atoms with Crippen molar-refractivity contribution < 1.29 is 31.5 Å². The van der Waals surface area contributed by atoms with E-state index in [0.29, 0.717) is 0 Å². The summed E-state index contributed by atoms with van der Waals surface area (Å²) in [6.45, 7) is 1.38. The predicted molar refractivity (Wildman–Crippen MR) is 64.2 cm³/mol. The summed E-state index contributed by atoms with van der Waals surface area (Å²) in [6, 6.07) is 3.66. The van der Waals surface area contributed by atoms with E-state index in [4.69, 9.17) is 0 Å². The average molecular weight is 310 g/mol. The molecule has 0 aliphatic heterocycles. The van der Waals surface area contributed by atoms with Crippen LogP contribution in [0.15, 0.2) is 18.2 Å². The monoisotopic (exact) mass is 310 g/mol. The number of halogens is 5. The molecule has 0 saturated heterocycles. The molecule has 116 valence electrons. The van der Waals surface area contributed by atoms with Crippen molar-refractivity contribution in [2.75, 3.05) is 12.4 Å². The fourth-order valence-electron chi connectivity index (χ4n) is 1.37. The van der Waals surface area contributed by atoms with Gasteiger partial charge in [-0.25, -0.2) is 0 Å². The lowest BCUT2D eigenvalue weighted by molar-refractivity contribution is -0.267. The molecule has 0 radical (unpaired) electrons. The maximum Gasteiger partial charge on any atom is 0.463 e. The summed E-state index contributed by atoms with van der Waals surface area (Å²) in [5.41, 5.74) is -0.0623. The maximum absolute atomic E-state index is 12.9. The molecule has 0 saturated carbocycles. The zero-order valence-electron chi connectivity index (χ0n) is 10.9. The minimum atomic E-state index is -6.00. The van der Waals surface area contributed by atoms with Crippen molar-refractivity contribution in [3.8, 4) is 0 Å². The van der Waals surface area contributed by atoms with E-state index in [1.54, 1.807) is 0 Å². The smallest absolute Gasteiger partial charge is 0.355 e. The van der Waals surface area contributed by atoms with Gasteiger partial charge in [-0.3, -0.25) is 9.59 Å². The van der Waals surface area contributed by atoms with Crippen LogP contribution in [0.2, 0.25) is 0 Å². The molecular weight excluding hydrogens is 299 g/mol. The first-order valence-corrected chi connectivity index (χ1v) is 5.59. The Hall–Kier alpha value is -2.19. The first kappa shape index (κ1) is 16.9. The topological polar surface area (TPSA) is 58.2 Å². The number of benzene rings is 1. The van der Waals surface area contributed by atoms with Crippen molar-refractivity contribution in [3.63, 3.8) is 0 Å². The molecular formula is C12H11F5N2O2. The lowest BCUT2D eigenvalue weighted by atomic mass is 10.1. The Kier molecular flexibility index (Phi) is 4.55. The highest BCUT2D eigenvalue weighted by atomic mass is 19.4. The molecule has 1 aromatic rings. The van der Waals surface area contributed by atoms with Crippen molar-refractivity contribution in [2.24, 2.45) is 0 Å². The second kappa shape index (κ2) is 5.66. The second-order valence-corrected chi connectivity index (χ2v) is 4.14. The minimum absolute atomic E-state index is 0.00808. The van der Waals surface area contributed by atoms with Crippen LogP contribution in [0, 0.1) is 6.92 Å². The zero-order valence-corrected chi connectivity index (χ0v) is 10.9. The van der Waals surface area contributed by atoms with Crippen LogP contribution in [-0.4, -0.2) is 31.0 Å². The summed E-state index contributed by atoms with van der Waals surface area (Å²) in [7, 11) is 1.32. The third kappa shape index (κ3) is 3.47. The summed E-state index contributed by atoms with van der Waals surface area (Å²) in [4.78, 5) is 22.5. The SMILES string of the molecule is CNC(=O)c1ccc(C)c(NC(=O)C(F)(F)C(F)(F)F)c1. The van der Waals surface area contributed by atoms with Gasteiger partial charge in [-0.2, -0.15) is 22.0 Å². The molecule has 0 aliphatic carbocycles. The number of carbonyl (C=O) groups is 2. The third-order valence-corrected chi connectivity index (χ3v) is 2.62. The zero-order chi connectivity index (χ0) is 16.4. The predicted octanol–water partition coefficient (Wildman–Crippen LogP) is 2.49. The van der Waals surface area contributed by atoms with Crippen molar-refractivity contribution in [2.45, 2.75) is 19.0 Å². The van der Waals surface area contributed by atoms with Crippen molar-refractivity contribution in [3.05, 3.63) is 29.3 Å². The molecule has 0 unspecified atom stereocenters. The van der Waals surface area contributed by atoms with Crippen LogP contribution >= 0.6 is 0 Å². The number of rotatable bonds is 3. The fourth-order valence-corrected chi connectivity index (χ4v) is 1.37. The van der Waals surface area contributed by atoms with Crippen LogP contribution in [0.5, 0.6) is 0 Å². The van der Waals surface area contributed by atoms with Crippen LogP contribution in [0.4, 0.5) is 27.6 Å². The molecule has 2 N–H and O–H groups in total. The average Bonchev–Trinajstić information content (AvgIpc) is 2.38. The quantitative estimate of drug-likeness (QED) is 0.843. The molecule has 4 nitrogen and oxygen atoms in total. The van der Waals surface area contributed by atoms with Crippen LogP contribution in [0.3, 0.4) is 0 Å². The summed E-state index contributed by atoms with van der Waals surface area (Å²) < 4.78 is 61.9. The Morgan fingerprint density at radius 2 is 1.67 bits per heavy atom. The van der Waals surface area contributed by atoms with E-state index >= 15 is 0 Å². The molecule has 0 fully saturated rings. The first-order valence-electron chi connectivity index (χ1n) is 5.59. The second-order valence-electron chi connectivity index (χ2n) is 4.14. The van der Waals surface area contributed by atoms with E-state index in [0.717, 1.165) is 6.07 Å². The molecule has 0 aliphatic rings. The largest absolute Gasteiger partial charge is 0.463 e. The van der Waals surface area contributed by atoms with E-state index in [1.165, 1.54) is 31.4 Å². The van der Waals surface area contributed by atoms with Crippen LogP contribution in [0.1, 0.15) is 15.9 Å². The first-order chi connectivity index (χ1) is 9.50. The Morgan fingerprint density at radius 3 is 2.14 bits per heavy atom. The van der Waals surface area contributed by atoms with Crippen molar-refractivity contribution >= 4 is 17.5 Å². The van der Waals surface area contributed by atoms with Gasteiger partial charge in [0.25, 0.3) is 5.91 Å². The number of hydrogen-bond acceptors (Lipinski definition) is 2. The summed E-state index contributed by atoms with van der Waals surface area (Å²) >= 11 is 0. The normalized spacial score (nSPS) is 12.0. The van der Waals surface area contributed by atoms with Gasteiger partial charge in [-0.1, -0.05) is 6.07 Å². The van der Waals surface area contributed by atoms with Gasteiger partial charge in [0, 0.05) is 18.3 Å². The Bertz CT molecular complexity index is 569. The highest BCUT2D eigenvalue weighted by Gasteiger charge is 2.63. The molecule has 1 aromatic carbocycles. The Morgan fingerprint density at radius 1 is 1.10 bits per heavy atom. The van der Waals surface area contributed by atoms with E-state index in [1.807, 2.05) is 0 Å². The van der Waals surface area contributed by atoms with E-state index in [-0.39, 0.29) is 16.8 Å². The van der Waals surface area contributed by atoms with Gasteiger partial charge in [0.05, 0.1) is 0 Å². The lowest BCUT2D eigenvalue weighted by Gasteiger charge is -2.19. The molecule has 0 atom stereocenters. The van der Waals surface area contributed by atoms with Crippen LogP contribution in [-0.2, 0) is 4.79 Å². The standard InChI is InChI=1S/C12H11F5N2O2/c1-6-3-4-7(9(20)18-2)5-8(6)19-10(21)11(13,14)12(15,16)17/h3-5H,1-2H3,(H,18,20)(H,19,21). The van der Waals surface area contributed by atoms with Gasteiger partial charge < -0.3 is 10.6 Å². The number of anilines is 1. The summed E-state index contributed by atoms with van der Waals surface area (Å²) in [5, 5.41) is 3.74. The molecule has 0 aromatic heterocycles. The molecule has 0 heterocycles. The van der Waals surface area contributed by atoms with Crippen molar-refractivity contribution in [1.29, 1.82) is 0 Å². The summed E-state index contributed by atoms with van der Waals surface area (Å²) in [5.74, 6) is -8.61. The summed E-state index contributed by atoms with van der Waals surface area (Å²) in [6.07, 6.45) is -6.00. The molecule has 21 heavy (non-hydrogen) atoms. The molecule has 1 rings (SSSR count). The third-order valence-electron chi connectivity index (χ3n) is 2.62. The number of nitrogens with one attached hydrogen (secondary N) is 2. The van der Waals surface area contributed by atoms with Gasteiger partial charge in [-0.05, 0) is 24.6 Å². The van der Waals surface area contributed by atoms with Gasteiger partial charge in [0.15, 0.2) is 0 Å². The van der Waals surface area contributed by atoms with Gasteiger partial charge in [0.2, 0.25) is 0 Å². The number of alkyl halides is 5. The number of amides is 2. The molecule has 2 amide bonds. The van der Waals surface area contributed by atoms with Crippen LogP contribution < -0.4 is 10.6 Å². The van der Waals surface area contributed by atoms with E-state index in [2.05, 4.69) is 5.32 Å². The van der Waals surface area contributed by atoms with E-state index in [9.17, 15) is 31.5 Å². The lowest BCUT2D eigenvalue weighted by Crippen LogP contribution is -2.47. The van der Waals surface area contributed by atoms with Crippen LogP contribution in [0.25, 0.3) is 0 Å². The number of aryl methyl sites for hydroxylation is 1. The highest BCUT2D eigenvalue weighted by Crippen LogP contribution is 2.36. The molecule has 9 heteroatoms. The Balaban J connectivity index is 3.08. The Labute approximate surface area is 116 Å². The minimum Gasteiger partial charge on any atom is -0.355 e. The maximum atomic E-state index is 12.9.